The molecule has 1 aliphatic carbocycles. The SMILES string of the molecule is CC(C)(C)OC(=O)C[C@H](NC(=O)OCC1c2ccccc2-c2ccccc21)C(=O)N[C@@H]1C[C@@]2(C(=O)O)CCCN2C1=O. The average Bonchev–Trinajstić information content (AvgIpc) is 3.57. The van der Waals surface area contributed by atoms with Gasteiger partial charge in [-0.1, -0.05) is 48.5 Å². The van der Waals surface area contributed by atoms with Gasteiger partial charge in [0.15, 0.2) is 0 Å². The molecule has 222 valence electrons. The first kappa shape index (κ1) is 29.1. The number of carbonyl (C=O) groups excluding carboxylic acids is 4. The number of carboxylic acid groups (broad SMARTS) is 1. The van der Waals surface area contributed by atoms with Crippen molar-refractivity contribution in [2.24, 2.45) is 0 Å². The number of aliphatic carboxylic acids is 1. The van der Waals surface area contributed by atoms with Crippen molar-refractivity contribution in [1.82, 2.24) is 15.5 Å². The zero-order chi connectivity index (χ0) is 30.2. The standard InChI is InChI=1S/C31H35N3O8/c1-30(2,3)42-25(35)15-23(26(36)32-24-16-31(28(38)39)13-8-14-34(31)27(24)37)33-29(40)41-17-22-20-11-6-4-9-18(20)19-10-5-7-12-21(19)22/h4-7,9-12,22-24H,8,13-17H2,1-3H3,(H,32,36)(H,33,40)(H,38,39)/t23-,24+,31+/m0/s1. The van der Waals surface area contributed by atoms with Crippen LogP contribution in [0.2, 0.25) is 0 Å². The van der Waals surface area contributed by atoms with Gasteiger partial charge < -0.3 is 30.1 Å². The zero-order valence-corrected chi connectivity index (χ0v) is 23.8. The summed E-state index contributed by atoms with van der Waals surface area (Å²) in [6.45, 7) is 5.31. The van der Waals surface area contributed by atoms with Gasteiger partial charge in [0.2, 0.25) is 11.8 Å². The Bertz CT molecular complexity index is 1390. The number of hydrogen-bond acceptors (Lipinski definition) is 7. The van der Waals surface area contributed by atoms with Crippen LogP contribution in [0.25, 0.3) is 11.1 Å². The molecule has 3 aliphatic rings. The van der Waals surface area contributed by atoms with E-state index in [-0.39, 0.29) is 25.5 Å². The highest BCUT2D eigenvalue weighted by atomic mass is 16.6. The smallest absolute Gasteiger partial charge is 0.407 e. The van der Waals surface area contributed by atoms with E-state index in [4.69, 9.17) is 9.47 Å². The summed E-state index contributed by atoms with van der Waals surface area (Å²) in [5, 5.41) is 14.9. The van der Waals surface area contributed by atoms with Crippen LogP contribution in [0.15, 0.2) is 48.5 Å². The Morgan fingerprint density at radius 1 is 1.05 bits per heavy atom. The van der Waals surface area contributed by atoms with Crippen LogP contribution in [-0.2, 0) is 28.7 Å². The molecule has 0 unspecified atom stereocenters. The summed E-state index contributed by atoms with van der Waals surface area (Å²) < 4.78 is 10.9. The number of benzene rings is 2. The van der Waals surface area contributed by atoms with Gasteiger partial charge in [0.25, 0.3) is 0 Å². The molecule has 2 aromatic rings. The van der Waals surface area contributed by atoms with Gasteiger partial charge in [-0.05, 0) is 55.9 Å². The number of esters is 1. The normalized spacial score (nSPS) is 21.6. The maximum atomic E-state index is 13.4. The van der Waals surface area contributed by atoms with Crippen molar-refractivity contribution in [3.05, 3.63) is 59.7 Å². The van der Waals surface area contributed by atoms with Crippen LogP contribution in [0.4, 0.5) is 4.79 Å². The van der Waals surface area contributed by atoms with Crippen molar-refractivity contribution >= 4 is 29.8 Å². The molecule has 3 N–H and O–H groups in total. The quantitative estimate of drug-likeness (QED) is 0.405. The van der Waals surface area contributed by atoms with Gasteiger partial charge in [0.1, 0.15) is 29.8 Å². The summed E-state index contributed by atoms with van der Waals surface area (Å²) in [7, 11) is 0. The minimum Gasteiger partial charge on any atom is -0.479 e. The van der Waals surface area contributed by atoms with Gasteiger partial charge >= 0.3 is 18.0 Å². The number of ether oxygens (including phenoxy) is 2. The van der Waals surface area contributed by atoms with Crippen LogP contribution >= 0.6 is 0 Å². The molecule has 2 aliphatic heterocycles. The Kier molecular flexibility index (Phi) is 7.70. The first-order chi connectivity index (χ1) is 19.9. The van der Waals surface area contributed by atoms with Crippen LogP contribution in [-0.4, -0.2) is 76.2 Å². The molecule has 42 heavy (non-hydrogen) atoms. The van der Waals surface area contributed by atoms with Gasteiger partial charge in [0, 0.05) is 18.9 Å². The van der Waals surface area contributed by atoms with Crippen molar-refractivity contribution in [3.63, 3.8) is 0 Å². The second kappa shape index (κ2) is 11.1. The van der Waals surface area contributed by atoms with Crippen molar-refractivity contribution in [2.75, 3.05) is 13.2 Å². The molecule has 3 amide bonds. The predicted octanol–water partition coefficient (Wildman–Crippen LogP) is 2.96. The maximum Gasteiger partial charge on any atom is 0.407 e. The Morgan fingerprint density at radius 3 is 2.24 bits per heavy atom. The summed E-state index contributed by atoms with van der Waals surface area (Å²) in [4.78, 5) is 65.3. The molecule has 2 saturated heterocycles. The fraction of sp³-hybridized carbons (Fsp3) is 0.452. The minimum atomic E-state index is -1.42. The molecular weight excluding hydrogens is 542 g/mol. The highest BCUT2D eigenvalue weighted by Crippen LogP contribution is 2.44. The van der Waals surface area contributed by atoms with E-state index < -0.39 is 59.5 Å². The average molecular weight is 578 g/mol. The van der Waals surface area contributed by atoms with Crippen molar-refractivity contribution in [3.8, 4) is 11.1 Å². The van der Waals surface area contributed by atoms with Crippen molar-refractivity contribution < 1.29 is 38.6 Å². The Morgan fingerprint density at radius 2 is 1.67 bits per heavy atom. The molecule has 0 spiro atoms. The third kappa shape index (κ3) is 5.55. The van der Waals surface area contributed by atoms with E-state index in [1.807, 2.05) is 48.5 Å². The lowest BCUT2D eigenvalue weighted by Crippen LogP contribution is -2.52. The monoisotopic (exact) mass is 577 g/mol. The second-order valence-electron chi connectivity index (χ2n) is 12.0. The highest BCUT2D eigenvalue weighted by Gasteiger charge is 2.58. The van der Waals surface area contributed by atoms with Gasteiger partial charge in [-0.25, -0.2) is 9.59 Å². The second-order valence-corrected chi connectivity index (χ2v) is 12.0. The third-order valence-corrected chi connectivity index (χ3v) is 8.05. The number of nitrogens with one attached hydrogen (secondary N) is 2. The molecule has 3 atom stereocenters. The fourth-order valence-corrected chi connectivity index (χ4v) is 6.26. The van der Waals surface area contributed by atoms with Crippen molar-refractivity contribution in [1.29, 1.82) is 0 Å². The predicted molar refractivity (Wildman–Crippen MR) is 150 cm³/mol. The molecule has 5 rings (SSSR count). The lowest BCUT2D eigenvalue weighted by atomic mass is 9.92. The molecule has 2 aromatic carbocycles. The number of amides is 3. The van der Waals surface area contributed by atoms with Crippen LogP contribution < -0.4 is 10.6 Å². The number of fused-ring (bicyclic) bond motifs is 4. The number of hydrogen-bond donors (Lipinski definition) is 3. The summed E-state index contributed by atoms with van der Waals surface area (Å²) in [5.41, 5.74) is 1.96. The summed E-state index contributed by atoms with van der Waals surface area (Å²) >= 11 is 0. The largest absolute Gasteiger partial charge is 0.479 e. The number of rotatable bonds is 8. The number of carboxylic acids is 1. The molecule has 2 heterocycles. The van der Waals surface area contributed by atoms with Gasteiger partial charge in [-0.15, -0.1) is 0 Å². The van der Waals surface area contributed by atoms with Gasteiger partial charge in [-0.2, -0.15) is 0 Å². The summed E-state index contributed by atoms with van der Waals surface area (Å²) in [6.07, 6.45) is -0.678. The van der Waals surface area contributed by atoms with Crippen LogP contribution in [0.3, 0.4) is 0 Å². The van der Waals surface area contributed by atoms with E-state index in [2.05, 4.69) is 10.6 Å². The fourth-order valence-electron chi connectivity index (χ4n) is 6.26. The summed E-state index contributed by atoms with van der Waals surface area (Å²) in [6, 6.07) is 13.2. The lowest BCUT2D eigenvalue weighted by molar-refractivity contribution is -0.156. The summed E-state index contributed by atoms with van der Waals surface area (Å²) in [5.74, 6) is -3.37. The topological polar surface area (TPSA) is 151 Å². The molecule has 11 nitrogen and oxygen atoms in total. The van der Waals surface area contributed by atoms with Crippen molar-refractivity contribution in [2.45, 2.75) is 75.6 Å². The molecule has 11 heteroatoms. The third-order valence-electron chi connectivity index (χ3n) is 8.05. The van der Waals surface area contributed by atoms with Crippen LogP contribution in [0.1, 0.15) is 63.5 Å². The minimum absolute atomic E-state index is 0.00214. The first-order valence-corrected chi connectivity index (χ1v) is 14.1. The van der Waals surface area contributed by atoms with E-state index in [1.54, 1.807) is 20.8 Å². The Hall–Kier alpha value is -4.41. The first-order valence-electron chi connectivity index (χ1n) is 14.1. The van der Waals surface area contributed by atoms with Crippen LogP contribution in [0, 0.1) is 0 Å². The molecule has 0 radical (unpaired) electrons. The van der Waals surface area contributed by atoms with E-state index in [9.17, 15) is 29.1 Å². The Labute approximate surface area is 243 Å². The van der Waals surface area contributed by atoms with E-state index >= 15 is 0 Å². The van der Waals surface area contributed by atoms with E-state index in [0.717, 1.165) is 22.3 Å². The number of nitrogens with zero attached hydrogens (tertiary/aromatic N) is 1. The lowest BCUT2D eigenvalue weighted by Gasteiger charge is -2.26. The molecule has 0 aromatic heterocycles. The van der Waals surface area contributed by atoms with Gasteiger partial charge in [0.05, 0.1) is 6.42 Å². The number of carbonyl (C=O) groups is 5. The maximum absolute atomic E-state index is 13.4. The molecule has 0 bridgehead atoms. The molecule has 0 saturated carbocycles. The van der Waals surface area contributed by atoms with E-state index in [1.165, 1.54) is 4.90 Å². The van der Waals surface area contributed by atoms with Gasteiger partial charge in [-0.3, -0.25) is 14.4 Å². The Balaban J connectivity index is 1.28. The van der Waals surface area contributed by atoms with Crippen LogP contribution in [0.5, 0.6) is 0 Å². The number of alkyl carbamates (subject to hydrolysis) is 1. The van der Waals surface area contributed by atoms with E-state index in [0.29, 0.717) is 12.8 Å². The molecule has 2 fully saturated rings. The molecular formula is C31H35N3O8. The zero-order valence-electron chi connectivity index (χ0n) is 23.8. The highest BCUT2D eigenvalue weighted by molar-refractivity contribution is 5.98.